The zero-order valence-electron chi connectivity index (χ0n) is 8.84. The van der Waals surface area contributed by atoms with Crippen molar-refractivity contribution in [1.82, 2.24) is 10.2 Å². The lowest BCUT2D eigenvalue weighted by Crippen LogP contribution is -2.70. The van der Waals surface area contributed by atoms with Crippen molar-refractivity contribution < 1.29 is 24.6 Å². The highest BCUT2D eigenvalue weighted by Crippen LogP contribution is 2.39. The maximum absolute atomic E-state index is 11.7. The Bertz CT molecular complexity index is 447. The average molecular weight is 258 g/mol. The van der Waals surface area contributed by atoms with Gasteiger partial charge in [0.1, 0.15) is 17.2 Å². The molecular weight excluding hydrogens is 248 g/mol. The molecule has 8 heteroatoms. The molecule has 0 bridgehead atoms. The second kappa shape index (κ2) is 3.95. The van der Waals surface area contributed by atoms with E-state index < -0.39 is 23.3 Å². The summed E-state index contributed by atoms with van der Waals surface area (Å²) in [5, 5.41) is 20.4. The maximum Gasteiger partial charge on any atom is 0.356 e. The molecule has 2 aliphatic heterocycles. The number of hydrogen-bond donors (Lipinski definition) is 3. The van der Waals surface area contributed by atoms with Gasteiger partial charge < -0.3 is 15.5 Å². The van der Waals surface area contributed by atoms with Crippen LogP contribution < -0.4 is 5.32 Å². The van der Waals surface area contributed by atoms with Crippen LogP contribution in [0, 0.1) is 0 Å². The first kappa shape index (κ1) is 11.8. The lowest BCUT2D eigenvalue weighted by atomic mass is 10.0. The minimum atomic E-state index is -1.34. The molecule has 0 aliphatic carbocycles. The summed E-state index contributed by atoms with van der Waals surface area (Å²) in [6.07, 6.45) is 0. The van der Waals surface area contributed by atoms with Crippen LogP contribution in [0.25, 0.3) is 0 Å². The summed E-state index contributed by atoms with van der Waals surface area (Å²) in [6.45, 7) is 1.29. The maximum atomic E-state index is 11.7. The van der Waals surface area contributed by atoms with Gasteiger partial charge in [0.25, 0.3) is 5.91 Å². The number of aliphatic carboxylic acids is 1. The molecule has 2 aliphatic rings. The molecule has 7 nitrogen and oxygen atoms in total. The number of amides is 2. The molecule has 1 unspecified atom stereocenters. The number of carbonyl (C=O) groups is 3. The first-order valence-electron chi connectivity index (χ1n) is 4.80. The van der Waals surface area contributed by atoms with E-state index in [4.69, 9.17) is 5.11 Å². The molecule has 17 heavy (non-hydrogen) atoms. The smallest absolute Gasteiger partial charge is 0.356 e. The van der Waals surface area contributed by atoms with Crippen molar-refractivity contribution in [3.05, 3.63) is 11.5 Å². The Morgan fingerprint density at radius 1 is 1.53 bits per heavy atom. The first-order valence-corrected chi connectivity index (χ1v) is 5.85. The van der Waals surface area contributed by atoms with Crippen molar-refractivity contribution in [1.29, 1.82) is 0 Å². The lowest BCUT2D eigenvalue weighted by Gasteiger charge is -2.48. The number of fused-ring (bicyclic) bond motifs is 1. The van der Waals surface area contributed by atoms with E-state index >= 15 is 0 Å². The molecule has 3 N–H and O–H groups in total. The van der Waals surface area contributed by atoms with Crippen molar-refractivity contribution in [2.75, 3.05) is 5.75 Å². The van der Waals surface area contributed by atoms with Crippen LogP contribution in [0.2, 0.25) is 0 Å². The van der Waals surface area contributed by atoms with E-state index in [1.54, 1.807) is 0 Å². The molecule has 0 aromatic carbocycles. The Hall–Kier alpha value is -1.70. The fourth-order valence-electron chi connectivity index (χ4n) is 1.82. The molecule has 2 amide bonds. The fraction of sp³-hybridized carbons (Fsp3) is 0.444. The number of nitrogens with zero attached hydrogens (tertiary/aromatic N) is 1. The molecule has 2 heterocycles. The van der Waals surface area contributed by atoms with E-state index in [1.165, 1.54) is 18.7 Å². The van der Waals surface area contributed by atoms with Crippen molar-refractivity contribution >= 4 is 29.5 Å². The summed E-state index contributed by atoms with van der Waals surface area (Å²) in [7, 11) is 0. The van der Waals surface area contributed by atoms with E-state index in [-0.39, 0.29) is 23.1 Å². The Morgan fingerprint density at radius 2 is 2.18 bits per heavy atom. The second-order valence-corrected chi connectivity index (χ2v) is 4.79. The van der Waals surface area contributed by atoms with Crippen molar-refractivity contribution in [3.8, 4) is 0 Å². The van der Waals surface area contributed by atoms with E-state index in [1.807, 2.05) is 0 Å². The van der Waals surface area contributed by atoms with E-state index in [2.05, 4.69) is 5.32 Å². The van der Waals surface area contributed by atoms with Gasteiger partial charge in [0.15, 0.2) is 5.70 Å². The quantitative estimate of drug-likeness (QED) is 0.563. The van der Waals surface area contributed by atoms with Gasteiger partial charge in [0.2, 0.25) is 5.91 Å². The second-order valence-electron chi connectivity index (χ2n) is 3.69. The van der Waals surface area contributed by atoms with Gasteiger partial charge in [0, 0.05) is 6.92 Å². The Kier molecular flexibility index (Phi) is 2.74. The molecular formula is C9H10N2O5S. The number of nitrogens with one attached hydrogen (secondary N) is 1. The number of rotatable bonds is 2. The monoisotopic (exact) mass is 258 g/mol. The van der Waals surface area contributed by atoms with E-state index in [0.717, 1.165) is 4.90 Å². The third kappa shape index (κ3) is 1.74. The van der Waals surface area contributed by atoms with Crippen molar-refractivity contribution in [2.45, 2.75) is 18.3 Å². The number of carboxylic acid groups (broad SMARTS) is 1. The average Bonchev–Trinajstić information content (AvgIpc) is 2.24. The van der Waals surface area contributed by atoms with Crippen LogP contribution in [0.4, 0.5) is 0 Å². The summed E-state index contributed by atoms with van der Waals surface area (Å²) in [5.74, 6) is -2.41. The zero-order chi connectivity index (χ0) is 12.7. The van der Waals surface area contributed by atoms with Gasteiger partial charge >= 0.3 is 5.97 Å². The molecule has 1 saturated heterocycles. The van der Waals surface area contributed by atoms with Gasteiger partial charge in [-0.05, 0) is 0 Å². The molecule has 0 saturated carbocycles. The number of hydrogen-bond acceptors (Lipinski definition) is 5. The highest BCUT2D eigenvalue weighted by atomic mass is 32.2. The minimum absolute atomic E-state index is 0.117. The Balaban J connectivity index is 2.24. The topological polar surface area (TPSA) is 107 Å². The van der Waals surface area contributed by atoms with Crippen LogP contribution in [-0.4, -0.2) is 50.1 Å². The highest BCUT2D eigenvalue weighted by Gasteiger charge is 2.54. The summed E-state index contributed by atoms with van der Waals surface area (Å²) < 4.78 is 0. The van der Waals surface area contributed by atoms with Gasteiger partial charge in [0.05, 0.1) is 5.75 Å². The van der Waals surface area contributed by atoms with Gasteiger partial charge in [-0.1, -0.05) is 0 Å². The predicted molar refractivity (Wildman–Crippen MR) is 58.0 cm³/mol. The van der Waals surface area contributed by atoms with Crippen LogP contribution in [-0.2, 0) is 14.4 Å². The number of carbonyl (C=O) groups excluding carboxylic acids is 2. The fourth-order valence-corrected chi connectivity index (χ4v) is 3.02. The molecule has 0 aromatic rings. The van der Waals surface area contributed by atoms with Gasteiger partial charge in [-0.15, -0.1) is 11.8 Å². The molecule has 0 radical (unpaired) electrons. The van der Waals surface area contributed by atoms with Crippen LogP contribution in [0.15, 0.2) is 11.5 Å². The molecule has 1 fully saturated rings. The van der Waals surface area contributed by atoms with Crippen LogP contribution in [0.5, 0.6) is 0 Å². The van der Waals surface area contributed by atoms with Crippen LogP contribution in [0.3, 0.4) is 0 Å². The van der Waals surface area contributed by atoms with Crippen LogP contribution in [0.1, 0.15) is 6.92 Å². The van der Waals surface area contributed by atoms with Gasteiger partial charge in [-0.25, -0.2) is 4.79 Å². The molecule has 2 atom stereocenters. The van der Waals surface area contributed by atoms with Gasteiger partial charge in [-0.3, -0.25) is 14.5 Å². The normalized spacial score (nSPS) is 27.4. The lowest BCUT2D eigenvalue weighted by molar-refractivity contribution is -0.150. The third-order valence-electron chi connectivity index (χ3n) is 2.51. The van der Waals surface area contributed by atoms with Gasteiger partial charge in [-0.2, -0.15) is 0 Å². The van der Waals surface area contributed by atoms with Crippen molar-refractivity contribution in [2.24, 2.45) is 0 Å². The van der Waals surface area contributed by atoms with E-state index in [0.29, 0.717) is 0 Å². The number of β-lactam (4-membered cyclic amide) rings is 1. The minimum Gasteiger partial charge on any atom is -0.509 e. The van der Waals surface area contributed by atoms with E-state index in [9.17, 15) is 19.5 Å². The number of thioether (sulfide) groups is 1. The third-order valence-corrected chi connectivity index (χ3v) is 3.77. The largest absolute Gasteiger partial charge is 0.509 e. The molecule has 92 valence electrons. The Morgan fingerprint density at radius 3 is 2.71 bits per heavy atom. The zero-order valence-corrected chi connectivity index (χ0v) is 9.65. The standard InChI is InChI=1S/C9H10N2O5S/c1-3(12)10-5-7(14)11-6(9(15)16)4(13)2-17-8(5)11/h5,8,13H,2H2,1H3,(H,10,12)(H,15,16)/t5?,8-/m0/s1. The number of aliphatic hydroxyl groups is 1. The molecule has 2 rings (SSSR count). The molecule has 0 spiro atoms. The first-order chi connectivity index (χ1) is 7.93. The summed E-state index contributed by atoms with van der Waals surface area (Å²) in [4.78, 5) is 34.5. The highest BCUT2D eigenvalue weighted by molar-refractivity contribution is 8.00. The van der Waals surface area contributed by atoms with Crippen LogP contribution >= 0.6 is 11.8 Å². The molecule has 0 aromatic heterocycles. The summed E-state index contributed by atoms with van der Waals surface area (Å²) >= 11 is 1.22. The summed E-state index contributed by atoms with van der Waals surface area (Å²) in [5.41, 5.74) is -0.389. The SMILES string of the molecule is CC(=O)NC1C(=O)N2C(C(=O)O)=C(O)CS[C@@H]12. The number of carboxylic acids is 1. The predicted octanol–water partition coefficient (Wildman–Crippen LogP) is -0.740. The number of aliphatic hydroxyl groups excluding tert-OH is 1. The summed E-state index contributed by atoms with van der Waals surface area (Å²) in [6, 6.07) is -0.708. The Labute approximate surface area is 100 Å². The van der Waals surface area contributed by atoms with Crippen molar-refractivity contribution in [3.63, 3.8) is 0 Å².